The summed E-state index contributed by atoms with van der Waals surface area (Å²) in [4.78, 5) is 30.8. The summed E-state index contributed by atoms with van der Waals surface area (Å²) < 4.78 is 11.3. The molecule has 2 aliphatic rings. The van der Waals surface area contributed by atoms with E-state index in [1.54, 1.807) is 42.5 Å². The average Bonchev–Trinajstić information content (AvgIpc) is 3.46. The minimum Gasteiger partial charge on any atom is -0.507 e. The van der Waals surface area contributed by atoms with E-state index in [1.807, 2.05) is 36.4 Å². The van der Waals surface area contributed by atoms with E-state index in [0.717, 1.165) is 10.6 Å². The molecule has 1 amide bonds. The molecular formula is C26H24N2O5S. The third-order valence-electron chi connectivity index (χ3n) is 5.99. The van der Waals surface area contributed by atoms with Gasteiger partial charge in [0.1, 0.15) is 29.9 Å². The lowest BCUT2D eigenvalue weighted by molar-refractivity contribution is -0.132. The summed E-state index contributed by atoms with van der Waals surface area (Å²) in [7, 11) is 1.95. The van der Waals surface area contributed by atoms with Crippen molar-refractivity contribution >= 4 is 40.2 Å². The molecule has 0 radical (unpaired) electrons. The van der Waals surface area contributed by atoms with Crippen molar-refractivity contribution < 1.29 is 24.2 Å². The number of fused-ring (bicyclic) bond motifs is 1. The fraction of sp³-hybridized carbons (Fsp3) is 0.231. The molecule has 1 unspecified atom stereocenters. The molecule has 3 heterocycles. The lowest BCUT2D eigenvalue weighted by atomic mass is 9.99. The molecule has 8 heteroatoms. The topological polar surface area (TPSA) is 79.3 Å². The van der Waals surface area contributed by atoms with Crippen LogP contribution in [0.5, 0.6) is 11.5 Å². The second-order valence-electron chi connectivity index (χ2n) is 8.07. The molecule has 1 N–H and O–H groups in total. The minimum absolute atomic E-state index is 0.0635. The van der Waals surface area contributed by atoms with Crippen LogP contribution < -0.4 is 19.3 Å². The summed E-state index contributed by atoms with van der Waals surface area (Å²) >= 11 is 1.43. The third-order valence-corrected chi connectivity index (χ3v) is 6.92. The Kier molecular flexibility index (Phi) is 5.75. The molecule has 2 aliphatic heterocycles. The van der Waals surface area contributed by atoms with Gasteiger partial charge in [0.05, 0.1) is 24.4 Å². The number of likely N-dealkylation sites (N-methyl/N-ethyl adjacent to an activating group) is 1. The Morgan fingerprint density at radius 1 is 1.18 bits per heavy atom. The van der Waals surface area contributed by atoms with E-state index in [-0.39, 0.29) is 11.3 Å². The van der Waals surface area contributed by atoms with Crippen molar-refractivity contribution in [2.24, 2.45) is 0 Å². The second-order valence-corrected chi connectivity index (χ2v) is 9.05. The van der Waals surface area contributed by atoms with Crippen LogP contribution in [-0.4, -0.2) is 43.6 Å². The minimum atomic E-state index is -0.748. The monoisotopic (exact) mass is 476 g/mol. The van der Waals surface area contributed by atoms with E-state index < -0.39 is 17.7 Å². The van der Waals surface area contributed by atoms with E-state index in [9.17, 15) is 14.7 Å². The number of aliphatic hydroxyl groups excluding tert-OH is 1. The van der Waals surface area contributed by atoms with Crippen molar-refractivity contribution in [2.75, 3.05) is 36.6 Å². The van der Waals surface area contributed by atoms with Gasteiger partial charge in [-0.05, 0) is 48.7 Å². The molecule has 2 aromatic carbocycles. The van der Waals surface area contributed by atoms with Crippen LogP contribution in [0.1, 0.15) is 23.4 Å². The number of carbonyl (C=O) groups is 2. The van der Waals surface area contributed by atoms with Crippen LogP contribution in [0.4, 0.5) is 11.4 Å². The highest BCUT2D eigenvalue weighted by Gasteiger charge is 2.47. The quantitative estimate of drug-likeness (QED) is 0.329. The molecule has 1 fully saturated rings. The summed E-state index contributed by atoms with van der Waals surface area (Å²) in [5.41, 5.74) is 1.87. The smallest absolute Gasteiger partial charge is 0.300 e. The number of carbonyl (C=O) groups excluding carboxylic acids is 2. The lowest BCUT2D eigenvalue weighted by Crippen LogP contribution is -2.29. The normalized spacial score (nSPS) is 19.2. The number of rotatable bonds is 5. The van der Waals surface area contributed by atoms with Gasteiger partial charge in [-0.1, -0.05) is 12.1 Å². The van der Waals surface area contributed by atoms with Gasteiger partial charge < -0.3 is 19.5 Å². The Morgan fingerprint density at radius 2 is 2.03 bits per heavy atom. The fourth-order valence-corrected chi connectivity index (χ4v) is 5.18. The Balaban J connectivity index is 1.65. The molecule has 0 spiro atoms. The summed E-state index contributed by atoms with van der Waals surface area (Å²) in [6, 6.07) is 15.3. The van der Waals surface area contributed by atoms with Crippen molar-refractivity contribution in [3.8, 4) is 11.5 Å². The van der Waals surface area contributed by atoms with E-state index in [1.165, 1.54) is 16.2 Å². The zero-order chi connectivity index (χ0) is 23.8. The number of aliphatic hydroxyl groups is 1. The number of hydrogen-bond acceptors (Lipinski definition) is 7. The van der Waals surface area contributed by atoms with Gasteiger partial charge in [0.2, 0.25) is 0 Å². The molecule has 0 bridgehead atoms. The first-order chi connectivity index (χ1) is 16.5. The summed E-state index contributed by atoms with van der Waals surface area (Å²) in [5.74, 6) is -0.299. The predicted molar refractivity (Wildman–Crippen MR) is 132 cm³/mol. The number of ether oxygens (including phenoxy) is 2. The molecular weight excluding hydrogens is 452 g/mol. The number of benzene rings is 2. The van der Waals surface area contributed by atoms with E-state index in [2.05, 4.69) is 0 Å². The van der Waals surface area contributed by atoms with Gasteiger partial charge in [-0.3, -0.25) is 14.5 Å². The van der Waals surface area contributed by atoms with E-state index in [4.69, 9.17) is 9.47 Å². The molecule has 1 saturated heterocycles. The van der Waals surface area contributed by atoms with Crippen LogP contribution >= 0.6 is 11.3 Å². The second kappa shape index (κ2) is 8.87. The molecule has 1 atom stereocenters. The number of hydrogen-bond donors (Lipinski definition) is 1. The van der Waals surface area contributed by atoms with Crippen molar-refractivity contribution in [3.63, 3.8) is 0 Å². The van der Waals surface area contributed by atoms with Gasteiger partial charge in [0.25, 0.3) is 11.7 Å². The first-order valence-electron chi connectivity index (χ1n) is 11.0. The summed E-state index contributed by atoms with van der Waals surface area (Å²) in [6.07, 6.45) is 0. The zero-order valence-electron chi connectivity index (χ0n) is 18.9. The Bertz CT molecular complexity index is 1280. The SMILES string of the molecule is CCOc1cccc(N2C(=O)C(=O)/C(=C(\O)c3ccc4c(c3)N(C)CCO4)C2c2cccs2)c1. The van der Waals surface area contributed by atoms with Crippen LogP contribution in [0.3, 0.4) is 0 Å². The number of nitrogens with zero attached hydrogens (tertiary/aromatic N) is 2. The van der Waals surface area contributed by atoms with Crippen LogP contribution in [0.2, 0.25) is 0 Å². The van der Waals surface area contributed by atoms with Crippen LogP contribution in [0, 0.1) is 0 Å². The van der Waals surface area contributed by atoms with Crippen molar-refractivity contribution in [1.29, 1.82) is 0 Å². The van der Waals surface area contributed by atoms with Crippen molar-refractivity contribution in [2.45, 2.75) is 13.0 Å². The Hall–Kier alpha value is -3.78. The van der Waals surface area contributed by atoms with Crippen LogP contribution in [0.25, 0.3) is 5.76 Å². The molecule has 0 saturated carbocycles. The first-order valence-corrected chi connectivity index (χ1v) is 11.9. The molecule has 5 rings (SSSR count). The van der Waals surface area contributed by atoms with E-state index >= 15 is 0 Å². The maximum Gasteiger partial charge on any atom is 0.300 e. The average molecular weight is 477 g/mol. The number of amides is 1. The van der Waals surface area contributed by atoms with Gasteiger partial charge in [-0.25, -0.2) is 0 Å². The summed E-state index contributed by atoms with van der Waals surface area (Å²) in [5, 5.41) is 13.3. The molecule has 0 aliphatic carbocycles. The van der Waals surface area contributed by atoms with Gasteiger partial charge >= 0.3 is 0 Å². The molecule has 1 aromatic heterocycles. The highest BCUT2D eigenvalue weighted by Crippen LogP contribution is 2.45. The number of thiophene rings is 1. The highest BCUT2D eigenvalue weighted by molar-refractivity contribution is 7.10. The fourth-order valence-electron chi connectivity index (χ4n) is 4.36. The standard InChI is InChI=1S/C26H24N2O5S/c1-3-32-18-7-4-6-17(15-18)28-23(21-8-5-13-34-21)22(25(30)26(28)31)24(29)16-9-10-20-19(14-16)27(2)11-12-33-20/h4-10,13-15,23,29H,3,11-12H2,1-2H3/b24-22-. The van der Waals surface area contributed by atoms with Crippen LogP contribution in [0.15, 0.2) is 65.6 Å². The van der Waals surface area contributed by atoms with Gasteiger partial charge in [-0.15, -0.1) is 11.3 Å². The number of ketones is 1. The van der Waals surface area contributed by atoms with Crippen molar-refractivity contribution in [3.05, 3.63) is 76.0 Å². The van der Waals surface area contributed by atoms with Gasteiger partial charge in [0, 0.05) is 29.2 Å². The predicted octanol–water partition coefficient (Wildman–Crippen LogP) is 4.60. The van der Waals surface area contributed by atoms with Crippen molar-refractivity contribution in [1.82, 2.24) is 0 Å². The number of anilines is 2. The van der Waals surface area contributed by atoms with Gasteiger partial charge in [-0.2, -0.15) is 0 Å². The Morgan fingerprint density at radius 3 is 2.79 bits per heavy atom. The summed E-state index contributed by atoms with van der Waals surface area (Å²) in [6.45, 7) is 3.66. The molecule has 34 heavy (non-hydrogen) atoms. The maximum absolute atomic E-state index is 13.3. The van der Waals surface area contributed by atoms with Gasteiger partial charge in [0.15, 0.2) is 0 Å². The highest BCUT2D eigenvalue weighted by atomic mass is 32.1. The maximum atomic E-state index is 13.3. The zero-order valence-corrected chi connectivity index (χ0v) is 19.7. The lowest BCUT2D eigenvalue weighted by Gasteiger charge is -2.28. The first kappa shape index (κ1) is 22.0. The molecule has 7 nitrogen and oxygen atoms in total. The Labute approximate surface area is 201 Å². The largest absolute Gasteiger partial charge is 0.507 e. The third kappa shape index (κ3) is 3.70. The molecule has 3 aromatic rings. The van der Waals surface area contributed by atoms with Crippen LogP contribution in [-0.2, 0) is 9.59 Å². The molecule has 174 valence electrons. The number of Topliss-reactive ketones (excluding diaryl/α,β-unsaturated/α-hetero) is 1. The van der Waals surface area contributed by atoms with E-state index in [0.29, 0.717) is 42.5 Å².